The number of carboxylic acid groups (broad SMARTS) is 1. The number of nitrogens with zero attached hydrogens (tertiary/aromatic N) is 1. The Morgan fingerprint density at radius 2 is 2.12 bits per heavy atom. The third kappa shape index (κ3) is 2.13. The molecule has 5 atom stereocenters. The Morgan fingerprint density at radius 3 is 2.77 bits per heavy atom. The molecule has 136 valence electrons. The minimum atomic E-state index is -0.973. The molecule has 5 unspecified atom stereocenters. The molecule has 0 aliphatic carbocycles. The first-order chi connectivity index (χ1) is 12.4. The average Bonchev–Trinajstić information content (AvgIpc) is 3.24. The summed E-state index contributed by atoms with van der Waals surface area (Å²) in [6.07, 6.45) is 4.56. The van der Waals surface area contributed by atoms with Gasteiger partial charge in [-0.25, -0.2) is 0 Å². The van der Waals surface area contributed by atoms with Gasteiger partial charge >= 0.3 is 5.97 Å². The average molecular weight is 353 g/mol. The van der Waals surface area contributed by atoms with Crippen LogP contribution in [0.5, 0.6) is 0 Å². The quantitative estimate of drug-likeness (QED) is 0.827. The number of para-hydroxylation sites is 1. The number of rotatable bonds is 5. The van der Waals surface area contributed by atoms with E-state index >= 15 is 0 Å². The molecule has 2 fully saturated rings. The number of fused-ring (bicyclic) bond motifs is 1. The smallest absolute Gasteiger partial charge is 0.310 e. The van der Waals surface area contributed by atoms with Crippen molar-refractivity contribution in [2.24, 2.45) is 11.8 Å². The summed E-state index contributed by atoms with van der Waals surface area (Å²) in [7, 11) is 0. The number of hydrogen-bond acceptors (Lipinski definition) is 3. The highest BCUT2D eigenvalue weighted by Crippen LogP contribution is 2.57. The number of anilines is 1. The van der Waals surface area contributed by atoms with E-state index in [0.717, 1.165) is 23.2 Å². The van der Waals surface area contributed by atoms with Crippen molar-refractivity contribution in [3.05, 3.63) is 54.1 Å². The summed E-state index contributed by atoms with van der Waals surface area (Å²) in [5.41, 5.74) is 1.97. The van der Waals surface area contributed by atoms with Gasteiger partial charge in [0.1, 0.15) is 11.5 Å². The molecule has 0 radical (unpaired) electrons. The Morgan fingerprint density at radius 1 is 1.38 bits per heavy atom. The first-order valence-electron chi connectivity index (χ1n) is 9.06. The van der Waals surface area contributed by atoms with Gasteiger partial charge in [0, 0.05) is 5.69 Å². The third-order valence-corrected chi connectivity index (χ3v) is 5.88. The lowest BCUT2D eigenvalue weighted by Crippen LogP contribution is -2.45. The van der Waals surface area contributed by atoms with Gasteiger partial charge < -0.3 is 14.7 Å². The number of carbonyl (C=O) groups excluding carboxylic acids is 1. The summed E-state index contributed by atoms with van der Waals surface area (Å²) in [6.45, 7) is 8.01. The summed E-state index contributed by atoms with van der Waals surface area (Å²) >= 11 is 0. The van der Waals surface area contributed by atoms with Crippen LogP contribution in [0.4, 0.5) is 5.69 Å². The number of aryl methyl sites for hydroxylation is 1. The second-order valence-corrected chi connectivity index (χ2v) is 7.50. The van der Waals surface area contributed by atoms with Crippen molar-refractivity contribution in [3.63, 3.8) is 0 Å². The molecule has 3 aliphatic heterocycles. The number of carbonyl (C=O) groups is 2. The maximum absolute atomic E-state index is 13.5. The number of benzene rings is 1. The molecule has 2 saturated heterocycles. The number of hydrogen-bond donors (Lipinski definition) is 1. The summed E-state index contributed by atoms with van der Waals surface area (Å²) < 4.78 is 6.17. The minimum Gasteiger partial charge on any atom is -0.481 e. The van der Waals surface area contributed by atoms with Crippen molar-refractivity contribution in [1.29, 1.82) is 0 Å². The van der Waals surface area contributed by atoms with Gasteiger partial charge in [0.05, 0.1) is 18.1 Å². The number of carboxylic acids is 1. The predicted molar refractivity (Wildman–Crippen MR) is 97.9 cm³/mol. The molecule has 26 heavy (non-hydrogen) atoms. The van der Waals surface area contributed by atoms with Crippen LogP contribution < -0.4 is 4.90 Å². The summed E-state index contributed by atoms with van der Waals surface area (Å²) in [6, 6.07) is 7.53. The van der Waals surface area contributed by atoms with Gasteiger partial charge in [-0.2, -0.15) is 0 Å². The molecule has 5 nitrogen and oxygen atoms in total. The fourth-order valence-corrected chi connectivity index (χ4v) is 4.84. The summed E-state index contributed by atoms with van der Waals surface area (Å²) in [5, 5.41) is 9.72. The van der Waals surface area contributed by atoms with Crippen LogP contribution in [-0.2, 0) is 20.7 Å². The lowest BCUT2D eigenvalue weighted by atomic mass is 9.74. The van der Waals surface area contributed by atoms with E-state index in [1.54, 1.807) is 4.90 Å². The number of ether oxygens (including phenoxy) is 1. The van der Waals surface area contributed by atoms with Crippen molar-refractivity contribution in [2.75, 3.05) is 4.90 Å². The molecule has 1 amide bonds. The summed E-state index contributed by atoms with van der Waals surface area (Å²) in [5.74, 6) is -2.65. The molecule has 2 bridgehead atoms. The van der Waals surface area contributed by atoms with E-state index < -0.39 is 29.5 Å². The largest absolute Gasteiger partial charge is 0.481 e. The predicted octanol–water partition coefficient (Wildman–Crippen LogP) is 2.95. The Balaban J connectivity index is 1.87. The molecule has 1 aromatic rings. The van der Waals surface area contributed by atoms with E-state index in [1.807, 2.05) is 50.3 Å². The van der Waals surface area contributed by atoms with E-state index in [9.17, 15) is 14.7 Å². The highest BCUT2D eigenvalue weighted by atomic mass is 16.5. The van der Waals surface area contributed by atoms with Crippen LogP contribution in [0.2, 0.25) is 0 Å². The standard InChI is InChI=1S/C21H23NO4/c1-4-13-7-5-6-8-14(13)22-16(11-12(2)3)21-10-9-15(26-21)17(20(24)25)18(21)19(22)23/h5-10,15-18H,2,4,11H2,1,3H3,(H,24,25). The van der Waals surface area contributed by atoms with Crippen LogP contribution in [0, 0.1) is 11.8 Å². The Kier molecular flexibility index (Phi) is 3.81. The first kappa shape index (κ1) is 17.0. The molecule has 1 aromatic carbocycles. The van der Waals surface area contributed by atoms with Crippen molar-refractivity contribution in [1.82, 2.24) is 0 Å². The Bertz CT molecular complexity index is 829. The molecule has 5 heteroatoms. The zero-order valence-electron chi connectivity index (χ0n) is 15.0. The minimum absolute atomic E-state index is 0.156. The molecule has 3 aliphatic rings. The SMILES string of the molecule is C=C(C)CC1N(c2ccccc2CC)C(=O)C2C(C(=O)O)C3C=CC21O3. The molecular formula is C21H23NO4. The Hall–Kier alpha value is -2.40. The maximum atomic E-state index is 13.5. The number of aliphatic carboxylic acids is 1. The van der Waals surface area contributed by atoms with Crippen molar-refractivity contribution >= 4 is 17.6 Å². The zero-order valence-corrected chi connectivity index (χ0v) is 15.0. The van der Waals surface area contributed by atoms with Crippen LogP contribution >= 0.6 is 0 Å². The fourth-order valence-electron chi connectivity index (χ4n) is 4.84. The van der Waals surface area contributed by atoms with Gasteiger partial charge in [-0.15, -0.1) is 6.58 Å². The van der Waals surface area contributed by atoms with Gasteiger partial charge in [0.25, 0.3) is 0 Å². The van der Waals surface area contributed by atoms with Gasteiger partial charge in [0.2, 0.25) is 5.91 Å². The lowest BCUT2D eigenvalue weighted by Gasteiger charge is -2.34. The monoisotopic (exact) mass is 353 g/mol. The van der Waals surface area contributed by atoms with Crippen molar-refractivity contribution < 1.29 is 19.4 Å². The van der Waals surface area contributed by atoms with Crippen LogP contribution in [0.15, 0.2) is 48.6 Å². The topological polar surface area (TPSA) is 66.8 Å². The number of amides is 1. The molecule has 1 spiro atoms. The van der Waals surface area contributed by atoms with Gasteiger partial charge in [-0.3, -0.25) is 9.59 Å². The third-order valence-electron chi connectivity index (χ3n) is 5.88. The first-order valence-corrected chi connectivity index (χ1v) is 9.06. The van der Waals surface area contributed by atoms with Crippen LogP contribution in [-0.4, -0.2) is 34.7 Å². The molecule has 0 aromatic heterocycles. The van der Waals surface area contributed by atoms with Crippen LogP contribution in [0.3, 0.4) is 0 Å². The van der Waals surface area contributed by atoms with Crippen molar-refractivity contribution in [2.45, 2.75) is 44.4 Å². The highest BCUT2D eigenvalue weighted by Gasteiger charge is 2.71. The second-order valence-electron chi connectivity index (χ2n) is 7.50. The Labute approximate surface area is 152 Å². The van der Waals surface area contributed by atoms with Crippen LogP contribution in [0.1, 0.15) is 25.8 Å². The normalized spacial score (nSPS) is 34.4. The van der Waals surface area contributed by atoms with E-state index in [1.165, 1.54) is 0 Å². The van der Waals surface area contributed by atoms with E-state index in [4.69, 9.17) is 4.74 Å². The fraction of sp³-hybridized carbons (Fsp3) is 0.429. The molecular weight excluding hydrogens is 330 g/mol. The molecule has 4 rings (SSSR count). The van der Waals surface area contributed by atoms with Gasteiger partial charge in [-0.05, 0) is 31.4 Å². The molecule has 3 heterocycles. The molecule has 1 N–H and O–H groups in total. The second kappa shape index (κ2) is 5.81. The zero-order chi connectivity index (χ0) is 18.6. The highest BCUT2D eigenvalue weighted by molar-refractivity contribution is 6.04. The van der Waals surface area contributed by atoms with Gasteiger partial charge in [0.15, 0.2) is 0 Å². The van der Waals surface area contributed by atoms with Crippen molar-refractivity contribution in [3.8, 4) is 0 Å². The van der Waals surface area contributed by atoms with Crippen LogP contribution in [0.25, 0.3) is 0 Å². The summed E-state index contributed by atoms with van der Waals surface area (Å²) in [4.78, 5) is 27.1. The lowest BCUT2D eigenvalue weighted by molar-refractivity contribution is -0.146. The molecule has 0 saturated carbocycles. The van der Waals surface area contributed by atoms with E-state index in [0.29, 0.717) is 6.42 Å². The van der Waals surface area contributed by atoms with E-state index in [-0.39, 0.29) is 11.9 Å². The van der Waals surface area contributed by atoms with E-state index in [2.05, 4.69) is 6.58 Å². The maximum Gasteiger partial charge on any atom is 0.310 e. The van der Waals surface area contributed by atoms with Gasteiger partial charge in [-0.1, -0.05) is 42.8 Å².